The first-order valence-electron chi connectivity index (χ1n) is 8.67. The molecule has 1 aromatic carbocycles. The largest absolute Gasteiger partial charge is 0.444 e. The normalized spacial score (nSPS) is 18.4. The fourth-order valence-corrected chi connectivity index (χ4v) is 3.04. The Hall–Kier alpha value is -2.14. The third-order valence-electron chi connectivity index (χ3n) is 4.37. The van der Waals surface area contributed by atoms with Crippen LogP contribution in [-0.2, 0) is 4.74 Å². The Balaban J connectivity index is 1.61. The molecule has 2 aromatic rings. The van der Waals surface area contributed by atoms with Crippen LogP contribution in [0.25, 0.3) is 11.3 Å². The second-order valence-electron chi connectivity index (χ2n) is 6.16. The average Bonchev–Trinajstić information content (AvgIpc) is 3.06. The van der Waals surface area contributed by atoms with Crippen LogP contribution in [-0.4, -0.2) is 41.6 Å². The summed E-state index contributed by atoms with van der Waals surface area (Å²) in [5, 5.41) is 0. The average molecular weight is 328 g/mol. The maximum absolute atomic E-state index is 12.7. The first-order valence-corrected chi connectivity index (χ1v) is 8.67. The van der Waals surface area contributed by atoms with Crippen molar-refractivity contribution in [2.24, 2.45) is 0 Å². The predicted octanol–water partition coefficient (Wildman–Crippen LogP) is 3.76. The zero-order chi connectivity index (χ0) is 16.8. The fraction of sp³-hybridized carbons (Fsp3) is 0.474. The summed E-state index contributed by atoms with van der Waals surface area (Å²) in [5.74, 6) is 0.801. The second kappa shape index (κ2) is 8.11. The van der Waals surface area contributed by atoms with E-state index in [1.54, 1.807) is 6.20 Å². The maximum atomic E-state index is 12.7. The van der Waals surface area contributed by atoms with Crippen LogP contribution in [0.15, 0.2) is 41.3 Å². The van der Waals surface area contributed by atoms with Crippen LogP contribution in [0.3, 0.4) is 0 Å². The molecular formula is C19H24N2O3. The number of aromatic nitrogens is 1. The Morgan fingerprint density at radius 1 is 1.29 bits per heavy atom. The third-order valence-corrected chi connectivity index (χ3v) is 4.37. The summed E-state index contributed by atoms with van der Waals surface area (Å²) in [6.45, 7) is 4.49. The van der Waals surface area contributed by atoms with Crippen molar-refractivity contribution in [3.05, 3.63) is 42.4 Å². The second-order valence-corrected chi connectivity index (χ2v) is 6.16. The summed E-state index contributed by atoms with van der Waals surface area (Å²) >= 11 is 0. The van der Waals surface area contributed by atoms with Crippen LogP contribution in [0.4, 0.5) is 0 Å². The molecule has 128 valence electrons. The smallest absolute Gasteiger partial charge is 0.253 e. The quantitative estimate of drug-likeness (QED) is 0.838. The highest BCUT2D eigenvalue weighted by atomic mass is 16.5. The molecule has 5 heteroatoms. The van der Waals surface area contributed by atoms with Gasteiger partial charge in [0.05, 0.1) is 12.3 Å². The summed E-state index contributed by atoms with van der Waals surface area (Å²) in [6.07, 6.45) is 7.35. The Morgan fingerprint density at radius 3 is 2.83 bits per heavy atom. The maximum Gasteiger partial charge on any atom is 0.253 e. The van der Waals surface area contributed by atoms with E-state index in [2.05, 4.69) is 11.9 Å². The van der Waals surface area contributed by atoms with Crippen molar-refractivity contribution < 1.29 is 13.9 Å². The van der Waals surface area contributed by atoms with E-state index in [1.165, 1.54) is 6.39 Å². The van der Waals surface area contributed by atoms with Crippen molar-refractivity contribution in [3.63, 3.8) is 0 Å². The van der Waals surface area contributed by atoms with Gasteiger partial charge in [-0.15, -0.1) is 0 Å². The van der Waals surface area contributed by atoms with Crippen molar-refractivity contribution in [2.75, 3.05) is 19.7 Å². The van der Waals surface area contributed by atoms with Crippen molar-refractivity contribution >= 4 is 5.91 Å². The summed E-state index contributed by atoms with van der Waals surface area (Å²) in [5.41, 5.74) is 1.64. The van der Waals surface area contributed by atoms with Gasteiger partial charge in [0.1, 0.15) is 0 Å². The molecule has 0 bridgehead atoms. The lowest BCUT2D eigenvalue weighted by atomic mass is 10.1. The minimum atomic E-state index is 0.0928. The minimum Gasteiger partial charge on any atom is -0.444 e. The molecular weight excluding hydrogens is 304 g/mol. The van der Waals surface area contributed by atoms with Crippen LogP contribution >= 0.6 is 0 Å². The molecule has 0 unspecified atom stereocenters. The number of hydrogen-bond acceptors (Lipinski definition) is 4. The van der Waals surface area contributed by atoms with Gasteiger partial charge in [-0.1, -0.05) is 19.1 Å². The highest BCUT2D eigenvalue weighted by Crippen LogP contribution is 2.21. The first-order chi connectivity index (χ1) is 11.8. The molecule has 1 aliphatic heterocycles. The predicted molar refractivity (Wildman–Crippen MR) is 91.7 cm³/mol. The Labute approximate surface area is 142 Å². The molecule has 0 spiro atoms. The van der Waals surface area contributed by atoms with Crippen LogP contribution in [0, 0.1) is 0 Å². The molecule has 2 heterocycles. The van der Waals surface area contributed by atoms with Crippen LogP contribution < -0.4 is 0 Å². The van der Waals surface area contributed by atoms with E-state index in [1.807, 2.05) is 29.2 Å². The Morgan fingerprint density at radius 2 is 2.12 bits per heavy atom. The first kappa shape index (κ1) is 16.7. The number of likely N-dealkylation sites (tertiary alicyclic amines) is 1. The van der Waals surface area contributed by atoms with Crippen LogP contribution in [0.5, 0.6) is 0 Å². The molecule has 0 aliphatic carbocycles. The highest BCUT2D eigenvalue weighted by molar-refractivity contribution is 5.94. The Bertz CT molecular complexity index is 637. The summed E-state index contributed by atoms with van der Waals surface area (Å²) in [4.78, 5) is 18.6. The van der Waals surface area contributed by atoms with Crippen LogP contribution in [0.2, 0.25) is 0 Å². The van der Waals surface area contributed by atoms with Gasteiger partial charge in [-0.05, 0) is 37.8 Å². The molecule has 1 atom stereocenters. The zero-order valence-corrected chi connectivity index (χ0v) is 14.1. The number of benzene rings is 1. The van der Waals surface area contributed by atoms with Gasteiger partial charge in [0.2, 0.25) is 0 Å². The van der Waals surface area contributed by atoms with E-state index in [0.29, 0.717) is 11.3 Å². The zero-order valence-electron chi connectivity index (χ0n) is 14.1. The molecule has 1 aromatic heterocycles. The topological polar surface area (TPSA) is 55.6 Å². The molecule has 0 radical (unpaired) electrons. The van der Waals surface area contributed by atoms with Gasteiger partial charge in [-0.2, -0.15) is 0 Å². The van der Waals surface area contributed by atoms with Crippen molar-refractivity contribution in [1.82, 2.24) is 9.88 Å². The number of rotatable bonds is 5. The number of carbonyl (C=O) groups excluding carboxylic acids is 1. The highest BCUT2D eigenvalue weighted by Gasteiger charge is 2.21. The molecule has 3 rings (SSSR count). The SMILES string of the molecule is CCCO[C@H]1CCCN(C(=O)c2ccc(-c3cnco3)cc2)CC1. The number of oxazole rings is 1. The van der Waals surface area contributed by atoms with E-state index >= 15 is 0 Å². The summed E-state index contributed by atoms with van der Waals surface area (Å²) < 4.78 is 11.1. The molecule has 0 N–H and O–H groups in total. The molecule has 1 saturated heterocycles. The lowest BCUT2D eigenvalue weighted by molar-refractivity contribution is 0.0432. The van der Waals surface area contributed by atoms with Gasteiger partial charge in [0.15, 0.2) is 12.2 Å². The molecule has 1 fully saturated rings. The molecule has 1 amide bonds. The molecule has 0 saturated carbocycles. The Kier molecular flexibility index (Phi) is 5.64. The van der Waals surface area contributed by atoms with Gasteiger partial charge in [0.25, 0.3) is 5.91 Å². The van der Waals surface area contributed by atoms with Crippen molar-refractivity contribution in [3.8, 4) is 11.3 Å². The van der Waals surface area contributed by atoms with E-state index in [9.17, 15) is 4.79 Å². The van der Waals surface area contributed by atoms with E-state index < -0.39 is 0 Å². The van der Waals surface area contributed by atoms with Gasteiger partial charge in [-0.3, -0.25) is 4.79 Å². The summed E-state index contributed by atoms with van der Waals surface area (Å²) in [7, 11) is 0. The van der Waals surface area contributed by atoms with Crippen molar-refractivity contribution in [1.29, 1.82) is 0 Å². The fourth-order valence-electron chi connectivity index (χ4n) is 3.04. The number of nitrogens with zero attached hydrogens (tertiary/aromatic N) is 2. The monoisotopic (exact) mass is 328 g/mol. The summed E-state index contributed by atoms with van der Waals surface area (Å²) in [6, 6.07) is 7.52. The lowest BCUT2D eigenvalue weighted by Crippen LogP contribution is -2.32. The van der Waals surface area contributed by atoms with Crippen molar-refractivity contribution in [2.45, 2.75) is 38.7 Å². The number of hydrogen-bond donors (Lipinski definition) is 0. The van der Waals surface area contributed by atoms with Gasteiger partial charge in [0, 0.05) is 30.8 Å². The van der Waals surface area contributed by atoms with Gasteiger partial charge < -0.3 is 14.1 Å². The van der Waals surface area contributed by atoms with Gasteiger partial charge >= 0.3 is 0 Å². The van der Waals surface area contributed by atoms with E-state index in [-0.39, 0.29) is 12.0 Å². The number of amides is 1. The number of carbonyl (C=O) groups is 1. The van der Waals surface area contributed by atoms with E-state index in [4.69, 9.17) is 9.15 Å². The van der Waals surface area contributed by atoms with E-state index in [0.717, 1.165) is 50.9 Å². The molecule has 1 aliphatic rings. The number of ether oxygens (including phenoxy) is 1. The standard InChI is InChI=1S/C19H24N2O3/c1-2-12-23-17-4-3-10-21(11-9-17)19(22)16-7-5-15(6-8-16)18-13-20-14-24-18/h5-8,13-14,17H,2-4,9-12H2,1H3/t17-/m0/s1. The van der Waals surface area contributed by atoms with Gasteiger partial charge in [-0.25, -0.2) is 4.98 Å². The molecule has 5 nitrogen and oxygen atoms in total. The third kappa shape index (κ3) is 4.03. The minimum absolute atomic E-state index is 0.0928. The molecule has 24 heavy (non-hydrogen) atoms. The lowest BCUT2D eigenvalue weighted by Gasteiger charge is -2.21. The van der Waals surface area contributed by atoms with Crippen LogP contribution in [0.1, 0.15) is 43.0 Å².